The van der Waals surface area contributed by atoms with Crippen LogP contribution in [0.5, 0.6) is 0 Å². The predicted molar refractivity (Wildman–Crippen MR) is 156 cm³/mol. The quantitative estimate of drug-likeness (QED) is 0.322. The lowest BCUT2D eigenvalue weighted by Gasteiger charge is -2.32. The summed E-state index contributed by atoms with van der Waals surface area (Å²) in [4.78, 5) is 28.2. The standard InChI is InChI=1S/C30H35ClFN3O4S/c1-20(2)17-33-30(37)23(5)34(18-24-9-11-25(32)12-10-24)29(36)19-35(26-13-8-22(4)28(31)16-26)40(38,39)27-14-6-21(3)7-15-27/h6-16,20,23H,17-19H2,1-5H3,(H,33,37). The van der Waals surface area contributed by atoms with Crippen LogP contribution in [-0.2, 0) is 26.2 Å². The maximum absolute atomic E-state index is 13.9. The second-order valence-corrected chi connectivity index (χ2v) is 12.5. The average Bonchev–Trinajstić information content (AvgIpc) is 2.91. The van der Waals surface area contributed by atoms with Crippen molar-refractivity contribution >= 4 is 39.1 Å². The zero-order valence-electron chi connectivity index (χ0n) is 23.3. The average molecular weight is 588 g/mol. The number of hydrogen-bond acceptors (Lipinski definition) is 4. The van der Waals surface area contributed by atoms with Crippen LogP contribution in [0.3, 0.4) is 0 Å². The lowest BCUT2D eigenvalue weighted by Crippen LogP contribution is -2.51. The summed E-state index contributed by atoms with van der Waals surface area (Å²) in [5, 5.41) is 3.18. The number of carbonyl (C=O) groups is 2. The Morgan fingerprint density at radius 3 is 2.15 bits per heavy atom. The van der Waals surface area contributed by atoms with E-state index in [2.05, 4.69) is 5.32 Å². The van der Waals surface area contributed by atoms with Crippen LogP contribution >= 0.6 is 11.6 Å². The van der Waals surface area contributed by atoms with E-state index in [1.54, 1.807) is 38.1 Å². The monoisotopic (exact) mass is 587 g/mol. The SMILES string of the molecule is Cc1ccc(S(=O)(=O)N(CC(=O)N(Cc2ccc(F)cc2)C(C)C(=O)NCC(C)C)c2ccc(C)c(Cl)c2)cc1. The Balaban J connectivity index is 2.03. The zero-order valence-corrected chi connectivity index (χ0v) is 24.9. The van der Waals surface area contributed by atoms with E-state index in [1.807, 2.05) is 20.8 Å². The number of aryl methyl sites for hydroxylation is 2. The first-order valence-electron chi connectivity index (χ1n) is 13.0. The van der Waals surface area contributed by atoms with Gasteiger partial charge in [-0.2, -0.15) is 0 Å². The Morgan fingerprint density at radius 1 is 0.950 bits per heavy atom. The number of anilines is 1. The van der Waals surface area contributed by atoms with Gasteiger partial charge in [0.25, 0.3) is 10.0 Å². The minimum absolute atomic E-state index is 0.00964. The molecule has 0 aromatic heterocycles. The van der Waals surface area contributed by atoms with Gasteiger partial charge in [-0.1, -0.05) is 61.3 Å². The lowest BCUT2D eigenvalue weighted by molar-refractivity contribution is -0.139. The van der Waals surface area contributed by atoms with Crippen molar-refractivity contribution in [2.75, 3.05) is 17.4 Å². The minimum atomic E-state index is -4.20. The molecule has 0 aliphatic rings. The van der Waals surface area contributed by atoms with Crippen molar-refractivity contribution in [2.24, 2.45) is 5.92 Å². The molecular formula is C30H35ClFN3O4S. The third-order valence-electron chi connectivity index (χ3n) is 6.45. The van der Waals surface area contributed by atoms with Gasteiger partial charge in [0.15, 0.2) is 0 Å². The topological polar surface area (TPSA) is 86.8 Å². The summed E-state index contributed by atoms with van der Waals surface area (Å²) in [6.07, 6.45) is 0. The molecule has 0 saturated carbocycles. The summed E-state index contributed by atoms with van der Waals surface area (Å²) in [7, 11) is -4.20. The van der Waals surface area contributed by atoms with Gasteiger partial charge in [-0.25, -0.2) is 12.8 Å². The summed E-state index contributed by atoms with van der Waals surface area (Å²) in [5.74, 6) is -1.23. The fraction of sp³-hybridized carbons (Fsp3) is 0.333. The van der Waals surface area contributed by atoms with Crippen LogP contribution in [0.4, 0.5) is 10.1 Å². The number of hydrogen-bond donors (Lipinski definition) is 1. The molecule has 0 aliphatic heterocycles. The molecule has 0 saturated heterocycles. The van der Waals surface area contributed by atoms with E-state index in [0.717, 1.165) is 15.4 Å². The van der Waals surface area contributed by atoms with Crippen molar-refractivity contribution in [1.29, 1.82) is 0 Å². The Bertz CT molecular complexity index is 1440. The summed E-state index contributed by atoms with van der Waals surface area (Å²) >= 11 is 6.35. The normalized spacial score (nSPS) is 12.2. The second kappa shape index (κ2) is 13.3. The number of amides is 2. The third-order valence-corrected chi connectivity index (χ3v) is 8.64. The Kier molecular flexibility index (Phi) is 10.3. The van der Waals surface area contributed by atoms with E-state index in [0.29, 0.717) is 17.1 Å². The second-order valence-electron chi connectivity index (χ2n) is 10.2. The highest BCUT2D eigenvalue weighted by atomic mass is 35.5. The van der Waals surface area contributed by atoms with Crippen LogP contribution in [-0.4, -0.2) is 44.3 Å². The minimum Gasteiger partial charge on any atom is -0.354 e. The van der Waals surface area contributed by atoms with Crippen molar-refractivity contribution in [3.05, 3.63) is 94.3 Å². The van der Waals surface area contributed by atoms with Crippen molar-refractivity contribution in [3.8, 4) is 0 Å². The van der Waals surface area contributed by atoms with Gasteiger partial charge in [0.2, 0.25) is 11.8 Å². The van der Waals surface area contributed by atoms with Crippen molar-refractivity contribution in [1.82, 2.24) is 10.2 Å². The molecule has 7 nitrogen and oxygen atoms in total. The molecule has 3 aromatic rings. The molecule has 0 aliphatic carbocycles. The summed E-state index contributed by atoms with van der Waals surface area (Å²) in [6.45, 7) is 8.92. The van der Waals surface area contributed by atoms with Gasteiger partial charge in [0.05, 0.1) is 10.6 Å². The summed E-state index contributed by atoms with van der Waals surface area (Å²) < 4.78 is 42.3. The van der Waals surface area contributed by atoms with Crippen LogP contribution in [0.2, 0.25) is 5.02 Å². The van der Waals surface area contributed by atoms with E-state index in [9.17, 15) is 22.4 Å². The molecule has 0 heterocycles. The number of carbonyl (C=O) groups excluding carboxylic acids is 2. The Hall–Kier alpha value is -3.43. The first-order valence-corrected chi connectivity index (χ1v) is 14.8. The van der Waals surface area contributed by atoms with Crippen LogP contribution in [0, 0.1) is 25.6 Å². The van der Waals surface area contributed by atoms with E-state index in [1.165, 1.54) is 47.4 Å². The van der Waals surface area contributed by atoms with E-state index < -0.39 is 34.3 Å². The third kappa shape index (κ3) is 7.82. The number of nitrogens with one attached hydrogen (secondary N) is 1. The fourth-order valence-corrected chi connectivity index (χ4v) is 5.51. The van der Waals surface area contributed by atoms with Gasteiger partial charge in [-0.3, -0.25) is 13.9 Å². The summed E-state index contributed by atoms with van der Waals surface area (Å²) in [6, 6.07) is 15.7. The zero-order chi connectivity index (χ0) is 29.6. The van der Waals surface area contributed by atoms with Crippen LogP contribution < -0.4 is 9.62 Å². The highest BCUT2D eigenvalue weighted by Crippen LogP contribution is 2.29. The van der Waals surface area contributed by atoms with Crippen LogP contribution in [0.15, 0.2) is 71.6 Å². The number of halogens is 2. The molecular weight excluding hydrogens is 553 g/mol. The van der Waals surface area contributed by atoms with Gasteiger partial charge in [-0.15, -0.1) is 0 Å². The molecule has 3 aromatic carbocycles. The van der Waals surface area contributed by atoms with E-state index >= 15 is 0 Å². The van der Waals surface area contributed by atoms with E-state index in [-0.39, 0.29) is 29.0 Å². The number of sulfonamides is 1. The first kappa shape index (κ1) is 31.1. The highest BCUT2D eigenvalue weighted by Gasteiger charge is 2.32. The molecule has 1 atom stereocenters. The number of nitrogens with zero attached hydrogens (tertiary/aromatic N) is 2. The Morgan fingerprint density at radius 2 is 1.57 bits per heavy atom. The van der Waals surface area contributed by atoms with Crippen LogP contribution in [0.25, 0.3) is 0 Å². The number of benzene rings is 3. The molecule has 0 bridgehead atoms. The highest BCUT2D eigenvalue weighted by molar-refractivity contribution is 7.92. The molecule has 0 radical (unpaired) electrons. The maximum Gasteiger partial charge on any atom is 0.264 e. The molecule has 1 N–H and O–H groups in total. The molecule has 0 spiro atoms. The predicted octanol–water partition coefficient (Wildman–Crippen LogP) is 5.48. The van der Waals surface area contributed by atoms with Gasteiger partial charge in [0, 0.05) is 18.1 Å². The molecule has 10 heteroatoms. The molecule has 214 valence electrons. The first-order chi connectivity index (χ1) is 18.8. The van der Waals surface area contributed by atoms with Crippen molar-refractivity contribution in [3.63, 3.8) is 0 Å². The Labute approximate surface area is 241 Å². The lowest BCUT2D eigenvalue weighted by atomic mass is 10.1. The van der Waals surface area contributed by atoms with E-state index in [4.69, 9.17) is 11.6 Å². The number of rotatable bonds is 11. The van der Waals surface area contributed by atoms with Gasteiger partial charge < -0.3 is 10.2 Å². The van der Waals surface area contributed by atoms with Crippen LogP contribution in [0.1, 0.15) is 37.5 Å². The van der Waals surface area contributed by atoms with Crippen molar-refractivity contribution in [2.45, 2.75) is 52.1 Å². The molecule has 0 fully saturated rings. The molecule has 3 rings (SSSR count). The van der Waals surface area contributed by atoms with Gasteiger partial charge in [-0.05, 0) is 74.2 Å². The molecule has 2 amide bonds. The van der Waals surface area contributed by atoms with Gasteiger partial charge in [0.1, 0.15) is 18.4 Å². The summed E-state index contributed by atoms with van der Waals surface area (Å²) in [5.41, 5.74) is 2.43. The molecule has 40 heavy (non-hydrogen) atoms. The molecule has 1 unspecified atom stereocenters. The maximum atomic E-state index is 13.9. The van der Waals surface area contributed by atoms with Gasteiger partial charge >= 0.3 is 0 Å². The fourth-order valence-electron chi connectivity index (χ4n) is 3.92. The smallest absolute Gasteiger partial charge is 0.264 e. The largest absolute Gasteiger partial charge is 0.354 e. The van der Waals surface area contributed by atoms with Crippen molar-refractivity contribution < 1.29 is 22.4 Å².